The predicted octanol–water partition coefficient (Wildman–Crippen LogP) is 2.62. The van der Waals surface area contributed by atoms with E-state index in [9.17, 15) is 5.11 Å². The van der Waals surface area contributed by atoms with E-state index < -0.39 is 0 Å². The topological polar surface area (TPSA) is 20.2 Å². The zero-order valence-electron chi connectivity index (χ0n) is 7.07. The molecule has 0 bridgehead atoms. The molecule has 1 heterocycles. The SMILES string of the molecule is C=CCCC(O)Cc1cccs1. The van der Waals surface area contributed by atoms with Gasteiger partial charge in [-0.25, -0.2) is 0 Å². The summed E-state index contributed by atoms with van der Waals surface area (Å²) in [5.41, 5.74) is 0. The van der Waals surface area contributed by atoms with E-state index in [-0.39, 0.29) is 6.10 Å². The molecule has 0 spiro atoms. The van der Waals surface area contributed by atoms with Crippen molar-refractivity contribution in [2.45, 2.75) is 25.4 Å². The Labute approximate surface area is 77.4 Å². The summed E-state index contributed by atoms with van der Waals surface area (Å²) in [6.45, 7) is 3.62. The average Bonchev–Trinajstić information content (AvgIpc) is 2.53. The number of aliphatic hydroxyl groups is 1. The molecular weight excluding hydrogens is 168 g/mol. The average molecular weight is 182 g/mol. The van der Waals surface area contributed by atoms with Gasteiger partial charge in [-0.15, -0.1) is 17.9 Å². The predicted molar refractivity (Wildman–Crippen MR) is 53.5 cm³/mol. The van der Waals surface area contributed by atoms with E-state index in [1.165, 1.54) is 4.88 Å². The Morgan fingerprint density at radius 1 is 1.67 bits per heavy atom. The van der Waals surface area contributed by atoms with Gasteiger partial charge in [-0.1, -0.05) is 12.1 Å². The van der Waals surface area contributed by atoms with Crippen LogP contribution in [-0.2, 0) is 6.42 Å². The van der Waals surface area contributed by atoms with Crippen LogP contribution in [0.25, 0.3) is 0 Å². The molecule has 1 N–H and O–H groups in total. The maximum atomic E-state index is 9.51. The van der Waals surface area contributed by atoms with Crippen molar-refractivity contribution in [3.05, 3.63) is 35.0 Å². The Balaban J connectivity index is 2.26. The third kappa shape index (κ3) is 3.20. The van der Waals surface area contributed by atoms with Gasteiger partial charge in [0.05, 0.1) is 6.10 Å². The van der Waals surface area contributed by atoms with Crippen LogP contribution in [0.3, 0.4) is 0 Å². The van der Waals surface area contributed by atoms with Gasteiger partial charge < -0.3 is 5.11 Å². The molecule has 0 aromatic carbocycles. The van der Waals surface area contributed by atoms with E-state index in [1.807, 2.05) is 17.5 Å². The molecule has 1 rings (SSSR count). The molecule has 1 atom stereocenters. The Morgan fingerprint density at radius 2 is 2.50 bits per heavy atom. The number of hydrogen-bond donors (Lipinski definition) is 1. The smallest absolute Gasteiger partial charge is 0.0591 e. The lowest BCUT2D eigenvalue weighted by molar-refractivity contribution is 0.167. The summed E-state index contributed by atoms with van der Waals surface area (Å²) in [5, 5.41) is 11.5. The molecule has 66 valence electrons. The van der Waals surface area contributed by atoms with Gasteiger partial charge in [-0.2, -0.15) is 0 Å². The van der Waals surface area contributed by atoms with E-state index >= 15 is 0 Å². The van der Waals surface area contributed by atoms with Crippen molar-refractivity contribution in [2.24, 2.45) is 0 Å². The minimum absolute atomic E-state index is 0.207. The number of hydrogen-bond acceptors (Lipinski definition) is 2. The van der Waals surface area contributed by atoms with E-state index in [0.717, 1.165) is 19.3 Å². The first-order chi connectivity index (χ1) is 5.83. The first kappa shape index (κ1) is 9.49. The molecule has 0 fully saturated rings. The molecule has 12 heavy (non-hydrogen) atoms. The molecule has 1 aromatic heterocycles. The van der Waals surface area contributed by atoms with E-state index in [4.69, 9.17) is 0 Å². The van der Waals surface area contributed by atoms with Crippen LogP contribution < -0.4 is 0 Å². The fraction of sp³-hybridized carbons (Fsp3) is 0.400. The molecule has 0 radical (unpaired) electrons. The second-order valence-electron chi connectivity index (χ2n) is 2.80. The molecule has 0 amide bonds. The van der Waals surface area contributed by atoms with Gasteiger partial charge in [0, 0.05) is 11.3 Å². The zero-order chi connectivity index (χ0) is 8.81. The molecule has 2 heteroatoms. The first-order valence-corrected chi connectivity index (χ1v) is 5.02. The molecule has 1 aromatic rings. The molecule has 1 unspecified atom stereocenters. The van der Waals surface area contributed by atoms with Crippen molar-refractivity contribution >= 4 is 11.3 Å². The second kappa shape index (κ2) is 5.12. The monoisotopic (exact) mass is 182 g/mol. The van der Waals surface area contributed by atoms with Crippen molar-refractivity contribution in [3.8, 4) is 0 Å². The highest BCUT2D eigenvalue weighted by Gasteiger charge is 2.04. The van der Waals surface area contributed by atoms with Crippen LogP contribution in [0, 0.1) is 0 Å². The van der Waals surface area contributed by atoms with Gasteiger partial charge >= 0.3 is 0 Å². The molecular formula is C10H14OS. The fourth-order valence-corrected chi connectivity index (χ4v) is 1.85. The number of allylic oxidation sites excluding steroid dienone is 1. The van der Waals surface area contributed by atoms with Gasteiger partial charge in [0.2, 0.25) is 0 Å². The van der Waals surface area contributed by atoms with Crippen molar-refractivity contribution < 1.29 is 5.11 Å². The summed E-state index contributed by atoms with van der Waals surface area (Å²) >= 11 is 1.70. The highest BCUT2D eigenvalue weighted by molar-refractivity contribution is 7.09. The Morgan fingerprint density at radius 3 is 3.08 bits per heavy atom. The van der Waals surface area contributed by atoms with Gasteiger partial charge in [0.15, 0.2) is 0 Å². The van der Waals surface area contributed by atoms with Crippen LogP contribution in [-0.4, -0.2) is 11.2 Å². The number of thiophene rings is 1. The summed E-state index contributed by atoms with van der Waals surface area (Å²) in [7, 11) is 0. The van der Waals surface area contributed by atoms with Crippen molar-refractivity contribution in [1.82, 2.24) is 0 Å². The summed E-state index contributed by atoms with van der Waals surface area (Å²) in [4.78, 5) is 1.26. The minimum atomic E-state index is -0.207. The lowest BCUT2D eigenvalue weighted by Crippen LogP contribution is -2.08. The van der Waals surface area contributed by atoms with E-state index in [1.54, 1.807) is 11.3 Å². The van der Waals surface area contributed by atoms with Crippen molar-refractivity contribution in [1.29, 1.82) is 0 Å². The minimum Gasteiger partial charge on any atom is -0.393 e. The Bertz CT molecular complexity index is 216. The summed E-state index contributed by atoms with van der Waals surface area (Å²) < 4.78 is 0. The quantitative estimate of drug-likeness (QED) is 0.694. The van der Waals surface area contributed by atoms with Crippen LogP contribution in [0.5, 0.6) is 0 Å². The number of rotatable bonds is 5. The van der Waals surface area contributed by atoms with E-state index in [0.29, 0.717) is 0 Å². The maximum absolute atomic E-state index is 9.51. The summed E-state index contributed by atoms with van der Waals surface area (Å²) in [6, 6.07) is 4.07. The summed E-state index contributed by atoms with van der Waals surface area (Å²) in [6.07, 6.45) is 4.14. The van der Waals surface area contributed by atoms with Crippen molar-refractivity contribution in [2.75, 3.05) is 0 Å². The zero-order valence-corrected chi connectivity index (χ0v) is 7.89. The highest BCUT2D eigenvalue weighted by Crippen LogP contribution is 2.13. The van der Waals surface area contributed by atoms with Gasteiger partial charge in [0.25, 0.3) is 0 Å². The molecule has 0 aliphatic carbocycles. The van der Waals surface area contributed by atoms with Crippen LogP contribution in [0.2, 0.25) is 0 Å². The third-order valence-electron chi connectivity index (χ3n) is 1.72. The largest absolute Gasteiger partial charge is 0.393 e. The Hall–Kier alpha value is -0.600. The Kier molecular flexibility index (Phi) is 4.05. The maximum Gasteiger partial charge on any atom is 0.0591 e. The lowest BCUT2D eigenvalue weighted by Gasteiger charge is -2.06. The molecule has 0 saturated carbocycles. The fourth-order valence-electron chi connectivity index (χ4n) is 1.07. The van der Waals surface area contributed by atoms with Gasteiger partial charge in [-0.3, -0.25) is 0 Å². The van der Waals surface area contributed by atoms with Crippen LogP contribution in [0.4, 0.5) is 0 Å². The first-order valence-electron chi connectivity index (χ1n) is 4.14. The lowest BCUT2D eigenvalue weighted by atomic mass is 10.1. The second-order valence-corrected chi connectivity index (χ2v) is 3.84. The van der Waals surface area contributed by atoms with E-state index in [2.05, 4.69) is 12.6 Å². The molecule has 0 saturated heterocycles. The van der Waals surface area contributed by atoms with Crippen LogP contribution in [0.1, 0.15) is 17.7 Å². The molecule has 0 aliphatic rings. The summed E-state index contributed by atoms with van der Waals surface area (Å²) in [5.74, 6) is 0. The molecule has 1 nitrogen and oxygen atoms in total. The van der Waals surface area contributed by atoms with Crippen molar-refractivity contribution in [3.63, 3.8) is 0 Å². The van der Waals surface area contributed by atoms with Gasteiger partial charge in [-0.05, 0) is 24.3 Å². The third-order valence-corrected chi connectivity index (χ3v) is 2.62. The normalized spacial score (nSPS) is 12.8. The van der Waals surface area contributed by atoms with Crippen LogP contribution >= 0.6 is 11.3 Å². The van der Waals surface area contributed by atoms with Crippen LogP contribution in [0.15, 0.2) is 30.2 Å². The highest BCUT2D eigenvalue weighted by atomic mass is 32.1. The number of aliphatic hydroxyl groups excluding tert-OH is 1. The molecule has 0 aliphatic heterocycles. The van der Waals surface area contributed by atoms with Gasteiger partial charge in [0.1, 0.15) is 0 Å². The standard InChI is InChI=1S/C10H14OS/c1-2-3-5-9(11)8-10-6-4-7-12-10/h2,4,6-7,9,11H,1,3,5,8H2.